The zero-order valence-electron chi connectivity index (χ0n) is 24.6. The van der Waals surface area contributed by atoms with Gasteiger partial charge in [-0.15, -0.1) is 0 Å². The third kappa shape index (κ3) is 4.36. The minimum atomic E-state index is -3.79. The first-order chi connectivity index (χ1) is 20.0. The molecular weight excluding hydrogens is 540 g/mol. The maximum Gasteiger partial charge on any atom is 0.243 e. The van der Waals surface area contributed by atoms with Crippen LogP contribution in [0.3, 0.4) is 0 Å². The molecule has 0 aliphatic carbocycles. The molecule has 0 fully saturated rings. The van der Waals surface area contributed by atoms with E-state index in [-0.39, 0.29) is 18.5 Å². The highest BCUT2D eigenvalue weighted by Crippen LogP contribution is 2.50. The van der Waals surface area contributed by atoms with Crippen LogP contribution in [-0.4, -0.2) is 23.8 Å². The number of benzene rings is 4. The molecule has 0 radical (unpaired) electrons. The lowest BCUT2D eigenvalue weighted by atomic mass is 9.82. The number of nitrogens with zero attached hydrogens (tertiary/aromatic N) is 2. The standard InChI is InChI=1S/C36H36N2O3S/c1-25-14-17-29(18-15-25)42(39,40)37-23-32-34(30-12-8-9-13-31(30)38(32)22-26-10-6-5-7-11-26)36(24-37)21-27-20-28(35(2,3)4)16-19-33(27)41-36/h5-20H,21-24H2,1-4H3/t36-/m0/s1. The minimum absolute atomic E-state index is 0.00493. The molecule has 2 aliphatic rings. The molecule has 1 atom stereocenters. The van der Waals surface area contributed by atoms with Gasteiger partial charge in [-0.3, -0.25) is 0 Å². The van der Waals surface area contributed by atoms with Crippen molar-refractivity contribution < 1.29 is 13.2 Å². The maximum atomic E-state index is 14.3. The van der Waals surface area contributed by atoms with Gasteiger partial charge in [-0.2, -0.15) is 4.31 Å². The van der Waals surface area contributed by atoms with Gasteiger partial charge in [0.2, 0.25) is 10.0 Å². The largest absolute Gasteiger partial charge is 0.480 e. The van der Waals surface area contributed by atoms with Gasteiger partial charge < -0.3 is 9.30 Å². The molecule has 2 aliphatic heterocycles. The molecule has 0 amide bonds. The summed E-state index contributed by atoms with van der Waals surface area (Å²) in [5.41, 5.74) is 6.91. The van der Waals surface area contributed by atoms with Gasteiger partial charge in [-0.1, -0.05) is 99.1 Å². The van der Waals surface area contributed by atoms with E-state index < -0.39 is 15.6 Å². The normalized spacial score (nSPS) is 18.7. The van der Waals surface area contributed by atoms with Crippen molar-refractivity contribution in [2.24, 2.45) is 0 Å². The predicted molar refractivity (Wildman–Crippen MR) is 167 cm³/mol. The number of aryl methyl sites for hydroxylation is 1. The molecule has 7 rings (SSSR count). The number of aromatic nitrogens is 1. The van der Waals surface area contributed by atoms with Crippen molar-refractivity contribution in [3.8, 4) is 5.75 Å². The summed E-state index contributed by atoms with van der Waals surface area (Å²) >= 11 is 0. The van der Waals surface area contributed by atoms with E-state index >= 15 is 0 Å². The van der Waals surface area contributed by atoms with Gasteiger partial charge in [0.05, 0.1) is 18.0 Å². The summed E-state index contributed by atoms with van der Waals surface area (Å²) in [7, 11) is -3.79. The SMILES string of the molecule is Cc1ccc(S(=O)(=O)N2Cc3c(c4ccccc4n3Cc3ccccc3)[C@]3(Cc4cc(C(C)(C)C)ccc4O3)C2)cc1. The lowest BCUT2D eigenvalue weighted by molar-refractivity contribution is 0.0551. The van der Waals surface area contributed by atoms with Crippen molar-refractivity contribution in [3.63, 3.8) is 0 Å². The van der Waals surface area contributed by atoms with Crippen molar-refractivity contribution in [3.05, 3.63) is 131 Å². The van der Waals surface area contributed by atoms with Gasteiger partial charge in [0.1, 0.15) is 5.75 Å². The first-order valence-electron chi connectivity index (χ1n) is 14.6. The highest BCUT2D eigenvalue weighted by molar-refractivity contribution is 7.89. The van der Waals surface area contributed by atoms with E-state index in [4.69, 9.17) is 4.74 Å². The summed E-state index contributed by atoms with van der Waals surface area (Å²) in [5.74, 6) is 0.837. The fraction of sp³-hybridized carbons (Fsp3) is 0.278. The molecule has 6 heteroatoms. The van der Waals surface area contributed by atoms with E-state index in [1.54, 1.807) is 16.4 Å². The Morgan fingerprint density at radius 1 is 0.881 bits per heavy atom. The molecule has 42 heavy (non-hydrogen) atoms. The van der Waals surface area contributed by atoms with Crippen LogP contribution in [0.5, 0.6) is 5.75 Å². The Bertz CT molecular complexity index is 1920. The maximum absolute atomic E-state index is 14.3. The summed E-state index contributed by atoms with van der Waals surface area (Å²) in [5, 5.41) is 1.12. The van der Waals surface area contributed by atoms with E-state index in [1.165, 1.54) is 11.1 Å². The zero-order valence-corrected chi connectivity index (χ0v) is 25.4. The van der Waals surface area contributed by atoms with Crippen LogP contribution in [0.4, 0.5) is 0 Å². The quantitative estimate of drug-likeness (QED) is 0.225. The van der Waals surface area contributed by atoms with Gasteiger partial charge in [0.15, 0.2) is 5.60 Å². The predicted octanol–water partition coefficient (Wildman–Crippen LogP) is 7.33. The summed E-state index contributed by atoms with van der Waals surface area (Å²) in [6.45, 7) is 9.78. The van der Waals surface area contributed by atoms with Gasteiger partial charge in [0.25, 0.3) is 0 Å². The van der Waals surface area contributed by atoms with Crippen LogP contribution in [-0.2, 0) is 40.5 Å². The average Bonchev–Trinajstić information content (AvgIpc) is 3.48. The molecule has 5 aromatic rings. The second kappa shape index (κ2) is 9.58. The van der Waals surface area contributed by atoms with E-state index in [9.17, 15) is 8.42 Å². The van der Waals surface area contributed by atoms with Crippen LogP contribution >= 0.6 is 0 Å². The van der Waals surface area contributed by atoms with Crippen LogP contribution in [0.1, 0.15) is 54.3 Å². The number of ether oxygens (including phenoxy) is 1. The van der Waals surface area contributed by atoms with Crippen LogP contribution in [0.2, 0.25) is 0 Å². The molecule has 5 nitrogen and oxygen atoms in total. The van der Waals surface area contributed by atoms with E-state index in [2.05, 4.69) is 79.9 Å². The minimum Gasteiger partial charge on any atom is -0.480 e. The molecule has 1 aromatic heterocycles. The third-order valence-electron chi connectivity index (χ3n) is 8.84. The molecule has 214 valence electrons. The van der Waals surface area contributed by atoms with Crippen LogP contribution in [0, 0.1) is 6.92 Å². The summed E-state index contributed by atoms with van der Waals surface area (Å²) in [4.78, 5) is 0.308. The zero-order chi connectivity index (χ0) is 29.3. The highest BCUT2D eigenvalue weighted by atomic mass is 32.2. The van der Waals surface area contributed by atoms with E-state index in [1.807, 2.05) is 37.3 Å². The summed E-state index contributed by atoms with van der Waals surface area (Å²) < 4.78 is 39.4. The molecule has 4 aromatic carbocycles. The van der Waals surface area contributed by atoms with Crippen LogP contribution in [0.15, 0.2) is 102 Å². The second-order valence-electron chi connectivity index (χ2n) is 12.8. The van der Waals surface area contributed by atoms with Crippen molar-refractivity contribution >= 4 is 20.9 Å². The molecule has 0 unspecified atom stereocenters. The van der Waals surface area contributed by atoms with Gasteiger partial charge in [0, 0.05) is 35.1 Å². The molecule has 0 saturated carbocycles. The van der Waals surface area contributed by atoms with Crippen molar-refractivity contribution in [2.45, 2.75) is 63.1 Å². The number of hydrogen-bond donors (Lipinski definition) is 0. The van der Waals surface area contributed by atoms with Crippen LogP contribution in [0.25, 0.3) is 10.9 Å². The lowest BCUT2D eigenvalue weighted by Crippen LogP contribution is -2.50. The number of hydrogen-bond acceptors (Lipinski definition) is 3. The van der Waals surface area contributed by atoms with E-state index in [0.717, 1.165) is 39.0 Å². The molecule has 1 spiro atoms. The first-order valence-corrected chi connectivity index (χ1v) is 16.0. The Balaban J connectivity index is 1.43. The van der Waals surface area contributed by atoms with E-state index in [0.29, 0.717) is 17.9 Å². The Morgan fingerprint density at radius 2 is 1.60 bits per heavy atom. The molecule has 3 heterocycles. The molecule has 0 bridgehead atoms. The molecule has 0 N–H and O–H groups in total. The Hall–Kier alpha value is -3.87. The number of sulfonamides is 1. The fourth-order valence-corrected chi connectivity index (χ4v) is 8.11. The Labute approximate surface area is 248 Å². The number of rotatable bonds is 4. The topological polar surface area (TPSA) is 51.5 Å². The molecular formula is C36H36N2O3S. The van der Waals surface area contributed by atoms with Crippen molar-refractivity contribution in [1.29, 1.82) is 0 Å². The number of fused-ring (bicyclic) bond motifs is 5. The fourth-order valence-electron chi connectivity index (χ4n) is 6.66. The monoisotopic (exact) mass is 576 g/mol. The first kappa shape index (κ1) is 27.0. The third-order valence-corrected chi connectivity index (χ3v) is 10.6. The smallest absolute Gasteiger partial charge is 0.243 e. The van der Waals surface area contributed by atoms with Gasteiger partial charge in [-0.25, -0.2) is 8.42 Å². The summed E-state index contributed by atoms with van der Waals surface area (Å²) in [6.07, 6.45) is 0.610. The van der Waals surface area contributed by atoms with Crippen molar-refractivity contribution in [1.82, 2.24) is 8.87 Å². The average molecular weight is 577 g/mol. The van der Waals surface area contributed by atoms with Crippen LogP contribution < -0.4 is 4.74 Å². The lowest BCUT2D eigenvalue weighted by Gasteiger charge is -2.40. The Kier molecular flexibility index (Phi) is 6.16. The summed E-state index contributed by atoms with van der Waals surface area (Å²) in [6, 6.07) is 32.4. The second-order valence-corrected chi connectivity index (χ2v) is 14.8. The van der Waals surface area contributed by atoms with Gasteiger partial charge >= 0.3 is 0 Å². The molecule has 0 saturated heterocycles. The number of para-hydroxylation sites is 1. The Morgan fingerprint density at radius 3 is 2.33 bits per heavy atom. The van der Waals surface area contributed by atoms with Gasteiger partial charge in [-0.05, 0) is 53.3 Å². The highest BCUT2D eigenvalue weighted by Gasteiger charge is 2.51. The van der Waals surface area contributed by atoms with Crippen molar-refractivity contribution in [2.75, 3.05) is 6.54 Å².